The maximum atomic E-state index is 11.0. The van der Waals surface area contributed by atoms with Crippen molar-refractivity contribution >= 4 is 17.6 Å². The van der Waals surface area contributed by atoms with Gasteiger partial charge >= 0.3 is 5.97 Å². The van der Waals surface area contributed by atoms with Crippen molar-refractivity contribution in [2.45, 2.75) is 6.92 Å². The lowest BCUT2D eigenvalue weighted by Gasteiger charge is -2.09. The van der Waals surface area contributed by atoms with E-state index in [1.807, 2.05) is 0 Å². The van der Waals surface area contributed by atoms with Crippen molar-refractivity contribution in [3.63, 3.8) is 0 Å². The minimum atomic E-state index is -1.000. The highest BCUT2D eigenvalue weighted by molar-refractivity contribution is 6.29. The quantitative estimate of drug-likeness (QED) is 0.923. The zero-order valence-electron chi connectivity index (χ0n) is 9.42. The molecule has 0 saturated heterocycles. The topological polar surface area (TPSA) is 72.3 Å². The molecule has 2 aromatic rings. The summed E-state index contributed by atoms with van der Waals surface area (Å²) in [7, 11) is 0. The molecule has 1 aromatic carbocycles. The molecule has 0 radical (unpaired) electrons. The highest BCUT2D eigenvalue weighted by Gasteiger charge is 2.11. The Morgan fingerprint density at radius 2 is 2.06 bits per heavy atom. The number of nitrogens with zero attached hydrogens (tertiary/aromatic N) is 2. The van der Waals surface area contributed by atoms with E-state index in [1.165, 1.54) is 6.07 Å². The highest BCUT2D eigenvalue weighted by atomic mass is 35.5. The second kappa shape index (κ2) is 5.01. The second-order valence-corrected chi connectivity index (χ2v) is 3.92. The largest absolute Gasteiger partial charge is 0.478 e. The van der Waals surface area contributed by atoms with Crippen LogP contribution in [0.5, 0.6) is 11.6 Å². The lowest BCUT2D eigenvalue weighted by molar-refractivity contribution is 0.0695. The molecule has 0 amide bonds. The summed E-state index contributed by atoms with van der Waals surface area (Å²) in [6.45, 7) is 1.67. The van der Waals surface area contributed by atoms with Gasteiger partial charge in [-0.05, 0) is 25.1 Å². The van der Waals surface area contributed by atoms with E-state index >= 15 is 0 Å². The molecule has 2 rings (SSSR count). The van der Waals surface area contributed by atoms with Crippen LogP contribution in [0, 0.1) is 6.92 Å². The van der Waals surface area contributed by atoms with E-state index in [9.17, 15) is 4.79 Å². The fourth-order valence-corrected chi connectivity index (χ4v) is 1.53. The minimum absolute atomic E-state index is 0.189. The van der Waals surface area contributed by atoms with Gasteiger partial charge in [-0.15, -0.1) is 10.2 Å². The summed E-state index contributed by atoms with van der Waals surface area (Å²) in [5.41, 5.74) is 0.719. The maximum Gasteiger partial charge on any atom is 0.336 e. The number of hydrogen-bond acceptors (Lipinski definition) is 4. The molecule has 1 heterocycles. The number of hydrogen-bond donors (Lipinski definition) is 1. The number of benzene rings is 1. The van der Waals surface area contributed by atoms with Gasteiger partial charge in [0, 0.05) is 11.6 Å². The summed E-state index contributed by atoms with van der Waals surface area (Å²) in [5, 5.41) is 16.6. The van der Waals surface area contributed by atoms with Crippen LogP contribution in [0.1, 0.15) is 15.9 Å². The van der Waals surface area contributed by atoms with E-state index in [0.29, 0.717) is 11.3 Å². The molecule has 18 heavy (non-hydrogen) atoms. The number of carboxylic acid groups (broad SMARTS) is 1. The summed E-state index contributed by atoms with van der Waals surface area (Å²) in [6, 6.07) is 7.88. The Morgan fingerprint density at radius 3 is 2.67 bits per heavy atom. The Labute approximate surface area is 108 Å². The van der Waals surface area contributed by atoms with E-state index in [0.717, 1.165) is 0 Å². The monoisotopic (exact) mass is 264 g/mol. The molecule has 0 aliphatic carbocycles. The van der Waals surface area contributed by atoms with Crippen LogP contribution in [0.3, 0.4) is 0 Å². The summed E-state index contributed by atoms with van der Waals surface area (Å²) in [6.07, 6.45) is 0. The van der Waals surface area contributed by atoms with Crippen LogP contribution in [0.4, 0.5) is 0 Å². The zero-order chi connectivity index (χ0) is 13.1. The Kier molecular flexibility index (Phi) is 3.43. The number of ether oxygens (including phenoxy) is 1. The standard InChI is InChI=1S/C12H9ClN2O3/c1-7-8(12(16)17)3-2-4-9(7)18-11-6-5-10(13)14-15-11/h2-6H,1H3,(H,16,17). The molecule has 5 nitrogen and oxygen atoms in total. The molecular weight excluding hydrogens is 256 g/mol. The number of aromatic carboxylic acids is 1. The SMILES string of the molecule is Cc1c(Oc2ccc(Cl)nn2)cccc1C(=O)O. The molecule has 0 unspecified atom stereocenters. The third-order valence-corrected chi connectivity index (χ3v) is 2.54. The Morgan fingerprint density at radius 1 is 1.28 bits per heavy atom. The Bertz CT molecular complexity index is 584. The van der Waals surface area contributed by atoms with Crippen molar-refractivity contribution in [1.29, 1.82) is 0 Å². The lowest BCUT2D eigenvalue weighted by atomic mass is 10.1. The number of carboxylic acids is 1. The van der Waals surface area contributed by atoms with Crippen molar-refractivity contribution in [2.75, 3.05) is 0 Å². The number of halogens is 1. The molecular formula is C12H9ClN2O3. The van der Waals surface area contributed by atoms with E-state index in [2.05, 4.69) is 10.2 Å². The van der Waals surface area contributed by atoms with E-state index in [1.54, 1.807) is 31.2 Å². The van der Waals surface area contributed by atoms with Gasteiger partial charge < -0.3 is 9.84 Å². The van der Waals surface area contributed by atoms with E-state index in [-0.39, 0.29) is 16.6 Å². The molecule has 0 aliphatic heterocycles. The number of aromatic nitrogens is 2. The molecule has 0 spiro atoms. The summed E-state index contributed by atoms with van der Waals surface area (Å²) < 4.78 is 5.46. The first-order valence-corrected chi connectivity index (χ1v) is 5.45. The van der Waals surface area contributed by atoms with E-state index in [4.69, 9.17) is 21.4 Å². The van der Waals surface area contributed by atoms with Crippen LogP contribution < -0.4 is 4.74 Å². The van der Waals surface area contributed by atoms with Crippen LogP contribution in [0.25, 0.3) is 0 Å². The van der Waals surface area contributed by atoms with E-state index < -0.39 is 5.97 Å². The first kappa shape index (κ1) is 12.3. The van der Waals surface area contributed by atoms with Crippen molar-refractivity contribution in [3.8, 4) is 11.6 Å². The van der Waals surface area contributed by atoms with Gasteiger partial charge in [-0.1, -0.05) is 17.7 Å². The molecule has 0 aliphatic rings. The molecule has 1 N–H and O–H groups in total. The van der Waals surface area contributed by atoms with Gasteiger partial charge in [-0.2, -0.15) is 0 Å². The van der Waals surface area contributed by atoms with Gasteiger partial charge in [0.15, 0.2) is 5.15 Å². The average molecular weight is 265 g/mol. The third kappa shape index (κ3) is 2.57. The summed E-state index contributed by atoms with van der Waals surface area (Å²) >= 11 is 5.61. The normalized spacial score (nSPS) is 10.1. The van der Waals surface area contributed by atoms with Gasteiger partial charge in [0.1, 0.15) is 5.75 Å². The fourth-order valence-electron chi connectivity index (χ4n) is 1.43. The average Bonchev–Trinajstić information content (AvgIpc) is 2.34. The van der Waals surface area contributed by atoms with Crippen LogP contribution in [-0.4, -0.2) is 21.3 Å². The molecule has 6 heteroatoms. The van der Waals surface area contributed by atoms with Gasteiger partial charge in [-0.25, -0.2) is 4.79 Å². The third-order valence-electron chi connectivity index (χ3n) is 2.34. The molecule has 0 atom stereocenters. The van der Waals surface area contributed by atoms with Gasteiger partial charge in [-0.3, -0.25) is 0 Å². The number of rotatable bonds is 3. The predicted octanol–water partition coefficient (Wildman–Crippen LogP) is 2.93. The predicted molar refractivity (Wildman–Crippen MR) is 65.3 cm³/mol. The Hall–Kier alpha value is -2.14. The first-order chi connectivity index (χ1) is 8.58. The number of carbonyl (C=O) groups is 1. The smallest absolute Gasteiger partial charge is 0.336 e. The molecule has 1 aromatic heterocycles. The van der Waals surface area contributed by atoms with Crippen LogP contribution in [-0.2, 0) is 0 Å². The highest BCUT2D eigenvalue weighted by Crippen LogP contribution is 2.26. The van der Waals surface area contributed by atoms with Gasteiger partial charge in [0.25, 0.3) is 0 Å². The molecule has 92 valence electrons. The maximum absolute atomic E-state index is 11.0. The second-order valence-electron chi connectivity index (χ2n) is 3.53. The van der Waals surface area contributed by atoms with Crippen molar-refractivity contribution in [2.24, 2.45) is 0 Å². The molecule has 0 saturated carbocycles. The molecule has 0 fully saturated rings. The van der Waals surface area contributed by atoms with Crippen molar-refractivity contribution in [1.82, 2.24) is 10.2 Å². The fraction of sp³-hybridized carbons (Fsp3) is 0.0833. The van der Waals surface area contributed by atoms with Crippen LogP contribution >= 0.6 is 11.6 Å². The molecule has 0 bridgehead atoms. The summed E-state index contributed by atoms with van der Waals surface area (Å²) in [5.74, 6) is -0.322. The summed E-state index contributed by atoms with van der Waals surface area (Å²) in [4.78, 5) is 11.0. The lowest BCUT2D eigenvalue weighted by Crippen LogP contribution is -2.01. The Balaban J connectivity index is 2.32. The van der Waals surface area contributed by atoms with Gasteiger partial charge in [0.2, 0.25) is 5.88 Å². The van der Waals surface area contributed by atoms with Crippen LogP contribution in [0.15, 0.2) is 30.3 Å². The first-order valence-electron chi connectivity index (χ1n) is 5.08. The zero-order valence-corrected chi connectivity index (χ0v) is 10.2. The van der Waals surface area contributed by atoms with Gasteiger partial charge in [0.05, 0.1) is 5.56 Å². The van der Waals surface area contributed by atoms with Crippen molar-refractivity contribution in [3.05, 3.63) is 46.6 Å². The minimum Gasteiger partial charge on any atom is -0.478 e. The van der Waals surface area contributed by atoms with Crippen LogP contribution in [0.2, 0.25) is 5.15 Å². The van der Waals surface area contributed by atoms with Crippen molar-refractivity contribution < 1.29 is 14.6 Å².